The Morgan fingerprint density at radius 3 is 2.48 bits per heavy atom. The lowest BCUT2D eigenvalue weighted by Crippen LogP contribution is -2.26. The first kappa shape index (κ1) is 15.5. The molecule has 1 atom stereocenters. The number of hydrogen-bond donors (Lipinski definition) is 1. The van der Waals surface area contributed by atoms with Gasteiger partial charge in [0.15, 0.2) is 0 Å². The van der Waals surface area contributed by atoms with Crippen molar-refractivity contribution in [3.8, 4) is 0 Å². The molecule has 5 nitrogen and oxygen atoms in total. The van der Waals surface area contributed by atoms with Gasteiger partial charge in [-0.1, -0.05) is 30.3 Å². The zero-order valence-corrected chi connectivity index (χ0v) is 13.2. The maximum Gasteiger partial charge on any atom is 0.336 e. The van der Waals surface area contributed by atoms with Crippen molar-refractivity contribution in [2.75, 3.05) is 0 Å². The first-order valence-corrected chi connectivity index (χ1v) is 8.55. The van der Waals surface area contributed by atoms with Crippen LogP contribution in [0.25, 0.3) is 11.0 Å². The fourth-order valence-corrected chi connectivity index (χ4v) is 3.59. The smallest absolute Gasteiger partial charge is 0.336 e. The third kappa shape index (κ3) is 3.33. The van der Waals surface area contributed by atoms with E-state index in [1.807, 2.05) is 30.3 Å². The van der Waals surface area contributed by atoms with Gasteiger partial charge >= 0.3 is 5.63 Å². The van der Waals surface area contributed by atoms with Gasteiger partial charge in [-0.25, -0.2) is 17.9 Å². The second kappa shape index (κ2) is 5.98. The van der Waals surface area contributed by atoms with Crippen molar-refractivity contribution >= 4 is 21.0 Å². The first-order valence-electron chi connectivity index (χ1n) is 7.07. The average Bonchev–Trinajstić information content (AvgIpc) is 2.54. The van der Waals surface area contributed by atoms with Gasteiger partial charge in [0, 0.05) is 17.5 Å². The molecule has 0 spiro atoms. The molecule has 0 aliphatic heterocycles. The van der Waals surface area contributed by atoms with Gasteiger partial charge < -0.3 is 4.42 Å². The fourth-order valence-electron chi connectivity index (χ4n) is 2.33. The minimum atomic E-state index is -3.68. The van der Waals surface area contributed by atoms with E-state index in [1.165, 1.54) is 24.3 Å². The van der Waals surface area contributed by atoms with Gasteiger partial charge in [-0.3, -0.25) is 0 Å². The molecule has 118 valence electrons. The molecule has 0 saturated heterocycles. The number of rotatable bonds is 4. The lowest BCUT2D eigenvalue weighted by Gasteiger charge is -2.14. The number of fused-ring (bicyclic) bond motifs is 1. The van der Waals surface area contributed by atoms with Crippen LogP contribution < -0.4 is 10.3 Å². The summed E-state index contributed by atoms with van der Waals surface area (Å²) in [4.78, 5) is 11.3. The minimum Gasteiger partial charge on any atom is -0.423 e. The topological polar surface area (TPSA) is 76.4 Å². The summed E-state index contributed by atoms with van der Waals surface area (Å²) in [5.74, 6) is 0. The van der Waals surface area contributed by atoms with E-state index in [1.54, 1.807) is 13.0 Å². The van der Waals surface area contributed by atoms with Gasteiger partial charge in [0.1, 0.15) is 5.58 Å². The molecular formula is C17H15NO4S. The van der Waals surface area contributed by atoms with Crippen molar-refractivity contribution in [1.82, 2.24) is 4.72 Å². The van der Waals surface area contributed by atoms with Crippen LogP contribution in [-0.2, 0) is 10.0 Å². The van der Waals surface area contributed by atoms with Crippen LogP contribution in [0.2, 0.25) is 0 Å². The lowest BCUT2D eigenvalue weighted by atomic mass is 10.1. The van der Waals surface area contributed by atoms with Gasteiger partial charge in [-0.05, 0) is 36.8 Å². The minimum absolute atomic E-state index is 0.127. The summed E-state index contributed by atoms with van der Waals surface area (Å²) in [6.45, 7) is 1.78. The highest BCUT2D eigenvalue weighted by Gasteiger charge is 2.18. The molecule has 0 saturated carbocycles. The highest BCUT2D eigenvalue weighted by Crippen LogP contribution is 2.20. The summed E-state index contributed by atoms with van der Waals surface area (Å²) in [5.41, 5.74) is 0.763. The van der Waals surface area contributed by atoms with Crippen molar-refractivity contribution < 1.29 is 12.8 Å². The zero-order valence-electron chi connectivity index (χ0n) is 12.4. The van der Waals surface area contributed by atoms with Crippen molar-refractivity contribution in [3.05, 3.63) is 76.6 Å². The average molecular weight is 329 g/mol. The molecule has 1 N–H and O–H groups in total. The Balaban J connectivity index is 1.93. The summed E-state index contributed by atoms with van der Waals surface area (Å²) in [7, 11) is -3.68. The van der Waals surface area contributed by atoms with E-state index in [2.05, 4.69) is 4.72 Å². The van der Waals surface area contributed by atoms with Crippen LogP contribution in [-0.4, -0.2) is 8.42 Å². The van der Waals surface area contributed by atoms with Crippen LogP contribution in [0, 0.1) is 0 Å². The molecule has 0 unspecified atom stereocenters. The molecule has 3 aromatic rings. The Morgan fingerprint density at radius 1 is 1.00 bits per heavy atom. The summed E-state index contributed by atoms with van der Waals surface area (Å²) >= 11 is 0. The van der Waals surface area contributed by atoms with Crippen molar-refractivity contribution in [2.45, 2.75) is 17.9 Å². The SMILES string of the molecule is C[C@@H](NS(=O)(=O)c1ccc2oc(=O)ccc2c1)c1ccccc1. The maximum atomic E-state index is 12.5. The van der Waals surface area contributed by atoms with Crippen molar-refractivity contribution in [2.24, 2.45) is 0 Å². The molecule has 1 heterocycles. The Morgan fingerprint density at radius 2 is 1.74 bits per heavy atom. The Labute approximate surface area is 133 Å². The van der Waals surface area contributed by atoms with Gasteiger partial charge in [0.05, 0.1) is 4.90 Å². The summed E-state index contributed by atoms with van der Waals surface area (Å²) in [6.07, 6.45) is 0. The third-order valence-electron chi connectivity index (χ3n) is 3.53. The molecule has 0 fully saturated rings. The van der Waals surface area contributed by atoms with E-state index in [0.29, 0.717) is 11.0 Å². The van der Waals surface area contributed by atoms with E-state index in [0.717, 1.165) is 5.56 Å². The highest BCUT2D eigenvalue weighted by molar-refractivity contribution is 7.89. The highest BCUT2D eigenvalue weighted by atomic mass is 32.2. The number of sulfonamides is 1. The molecule has 0 bridgehead atoms. The maximum absolute atomic E-state index is 12.5. The third-order valence-corrected chi connectivity index (χ3v) is 5.07. The summed E-state index contributed by atoms with van der Waals surface area (Å²) < 4.78 is 32.7. The Hall–Kier alpha value is -2.44. The fraction of sp³-hybridized carbons (Fsp3) is 0.118. The lowest BCUT2D eigenvalue weighted by molar-refractivity contribution is 0.559. The van der Waals surface area contributed by atoms with Crippen LogP contribution in [0.4, 0.5) is 0 Å². The van der Waals surface area contributed by atoms with Gasteiger partial charge in [-0.15, -0.1) is 0 Å². The van der Waals surface area contributed by atoms with E-state index in [9.17, 15) is 13.2 Å². The largest absolute Gasteiger partial charge is 0.423 e. The molecule has 0 aliphatic rings. The number of benzene rings is 2. The van der Waals surface area contributed by atoms with Crippen LogP contribution in [0.15, 0.2) is 74.8 Å². The zero-order chi connectivity index (χ0) is 16.4. The van der Waals surface area contributed by atoms with E-state index >= 15 is 0 Å². The predicted octanol–water partition coefficient (Wildman–Crippen LogP) is 2.83. The first-order chi connectivity index (χ1) is 11.0. The quantitative estimate of drug-likeness (QED) is 0.747. The summed E-state index contributed by atoms with van der Waals surface area (Å²) in [6, 6.07) is 16.2. The van der Waals surface area contributed by atoms with Crippen LogP contribution in [0.3, 0.4) is 0 Å². The Bertz CT molecular complexity index is 994. The molecule has 2 aromatic carbocycles. The second-order valence-corrected chi connectivity index (χ2v) is 6.92. The van der Waals surface area contributed by atoms with Crippen molar-refractivity contribution in [3.63, 3.8) is 0 Å². The molecule has 0 amide bonds. The van der Waals surface area contributed by atoms with E-state index in [4.69, 9.17) is 4.42 Å². The predicted molar refractivity (Wildman–Crippen MR) is 87.7 cm³/mol. The molecule has 3 rings (SSSR count). The standard InChI is InChI=1S/C17H15NO4S/c1-12(13-5-3-2-4-6-13)18-23(20,21)15-8-9-16-14(11-15)7-10-17(19)22-16/h2-12,18H,1H3/t12-/m1/s1. The normalized spacial score (nSPS) is 13.1. The monoisotopic (exact) mass is 329 g/mol. The molecule has 23 heavy (non-hydrogen) atoms. The van der Waals surface area contributed by atoms with Gasteiger partial charge in [0.2, 0.25) is 10.0 Å². The number of nitrogens with one attached hydrogen (secondary N) is 1. The molecule has 1 aromatic heterocycles. The van der Waals surface area contributed by atoms with Crippen LogP contribution in [0.5, 0.6) is 0 Å². The summed E-state index contributed by atoms with van der Waals surface area (Å²) in [5, 5.41) is 0.555. The second-order valence-electron chi connectivity index (χ2n) is 5.21. The number of hydrogen-bond acceptors (Lipinski definition) is 4. The van der Waals surface area contributed by atoms with Gasteiger partial charge in [0.25, 0.3) is 0 Å². The van der Waals surface area contributed by atoms with E-state index in [-0.39, 0.29) is 10.9 Å². The van der Waals surface area contributed by atoms with E-state index < -0.39 is 15.6 Å². The van der Waals surface area contributed by atoms with Gasteiger partial charge in [-0.2, -0.15) is 0 Å². The van der Waals surface area contributed by atoms with Crippen molar-refractivity contribution in [1.29, 1.82) is 0 Å². The molecule has 0 radical (unpaired) electrons. The van der Waals surface area contributed by atoms with Crippen LogP contribution >= 0.6 is 0 Å². The Kier molecular flexibility index (Phi) is 4.02. The molecular weight excluding hydrogens is 314 g/mol. The molecule has 6 heteroatoms. The van der Waals surface area contributed by atoms with Crippen LogP contribution in [0.1, 0.15) is 18.5 Å². The molecule has 0 aliphatic carbocycles.